The van der Waals surface area contributed by atoms with Crippen molar-refractivity contribution in [1.82, 2.24) is 4.98 Å². The number of nitrogens with zero attached hydrogens (tertiary/aromatic N) is 1. The minimum atomic E-state index is -0.285. The van der Waals surface area contributed by atoms with E-state index in [2.05, 4.69) is 4.98 Å². The van der Waals surface area contributed by atoms with E-state index in [1.807, 2.05) is 0 Å². The molecule has 2 rings (SSSR count). The fourth-order valence-electron chi connectivity index (χ4n) is 1.37. The number of aromatic nitrogens is 1. The maximum Gasteiger partial charge on any atom is 0.143 e. The van der Waals surface area contributed by atoms with Crippen molar-refractivity contribution < 1.29 is 4.39 Å². The largest absolute Gasteiger partial charge is 0.330 e. The average Bonchev–Trinajstić information content (AvgIpc) is 2.61. The molecule has 0 bridgehead atoms. The van der Waals surface area contributed by atoms with Crippen LogP contribution in [0, 0.1) is 5.82 Å². The second kappa shape index (κ2) is 4.91. The Morgan fingerprint density at radius 3 is 2.81 bits per heavy atom. The summed E-state index contributed by atoms with van der Waals surface area (Å²) in [6.07, 6.45) is 0.672. The molecule has 5 heteroatoms. The van der Waals surface area contributed by atoms with Gasteiger partial charge in [0.1, 0.15) is 16.0 Å². The van der Waals surface area contributed by atoms with Crippen LogP contribution in [0.3, 0.4) is 0 Å². The lowest BCUT2D eigenvalue weighted by molar-refractivity contribution is 0.631. The Morgan fingerprint density at radius 1 is 1.38 bits per heavy atom. The van der Waals surface area contributed by atoms with Crippen molar-refractivity contribution in [3.8, 4) is 10.6 Å². The van der Waals surface area contributed by atoms with E-state index in [1.165, 1.54) is 17.4 Å². The van der Waals surface area contributed by atoms with Crippen LogP contribution in [-0.4, -0.2) is 11.5 Å². The molecule has 0 spiro atoms. The minimum Gasteiger partial charge on any atom is -0.330 e. The highest BCUT2D eigenvalue weighted by Crippen LogP contribution is 2.32. The van der Waals surface area contributed by atoms with E-state index in [0.29, 0.717) is 28.7 Å². The molecular formula is C11H10ClFN2S. The Kier molecular flexibility index (Phi) is 3.53. The van der Waals surface area contributed by atoms with Gasteiger partial charge in [0, 0.05) is 10.4 Å². The third-order valence-corrected chi connectivity index (χ3v) is 3.70. The number of nitrogens with two attached hydrogens (primary N) is 1. The van der Waals surface area contributed by atoms with Gasteiger partial charge in [-0.2, -0.15) is 0 Å². The summed E-state index contributed by atoms with van der Waals surface area (Å²) in [5, 5.41) is 1.03. The summed E-state index contributed by atoms with van der Waals surface area (Å²) in [5.74, 6) is -0.285. The molecule has 2 N–H and O–H groups in total. The Labute approximate surface area is 102 Å². The van der Waals surface area contributed by atoms with Gasteiger partial charge in [-0.05, 0) is 25.1 Å². The van der Waals surface area contributed by atoms with Crippen LogP contribution >= 0.6 is 22.9 Å². The first kappa shape index (κ1) is 11.5. The molecule has 0 aliphatic rings. The summed E-state index contributed by atoms with van der Waals surface area (Å²) in [4.78, 5) is 5.05. The van der Waals surface area contributed by atoms with Crippen LogP contribution in [0.1, 0.15) is 4.88 Å². The SMILES string of the molecule is NCCc1sc(-c2ccccc2F)nc1Cl. The van der Waals surface area contributed by atoms with Gasteiger partial charge in [0.2, 0.25) is 0 Å². The van der Waals surface area contributed by atoms with E-state index in [0.717, 1.165) is 4.88 Å². The quantitative estimate of drug-likeness (QED) is 0.917. The molecule has 0 aliphatic carbocycles. The predicted molar refractivity (Wildman–Crippen MR) is 65.3 cm³/mol. The molecule has 84 valence electrons. The zero-order valence-corrected chi connectivity index (χ0v) is 9.98. The molecule has 1 aromatic heterocycles. The van der Waals surface area contributed by atoms with Crippen LogP contribution in [-0.2, 0) is 6.42 Å². The van der Waals surface area contributed by atoms with Gasteiger partial charge < -0.3 is 5.73 Å². The first-order valence-electron chi connectivity index (χ1n) is 4.82. The van der Waals surface area contributed by atoms with Gasteiger partial charge in [0.25, 0.3) is 0 Å². The summed E-state index contributed by atoms with van der Waals surface area (Å²) >= 11 is 7.34. The van der Waals surface area contributed by atoms with Crippen molar-refractivity contribution >= 4 is 22.9 Å². The molecule has 2 nitrogen and oxygen atoms in total. The highest BCUT2D eigenvalue weighted by atomic mass is 35.5. The third kappa shape index (κ3) is 2.24. The van der Waals surface area contributed by atoms with Crippen molar-refractivity contribution in [3.63, 3.8) is 0 Å². The fraction of sp³-hybridized carbons (Fsp3) is 0.182. The van der Waals surface area contributed by atoms with Gasteiger partial charge >= 0.3 is 0 Å². The number of benzene rings is 1. The van der Waals surface area contributed by atoms with E-state index >= 15 is 0 Å². The van der Waals surface area contributed by atoms with Crippen LogP contribution in [0.25, 0.3) is 10.6 Å². The van der Waals surface area contributed by atoms with Crippen molar-refractivity contribution in [2.75, 3.05) is 6.54 Å². The van der Waals surface area contributed by atoms with Gasteiger partial charge in [-0.15, -0.1) is 11.3 Å². The molecule has 0 fully saturated rings. The molecule has 0 unspecified atom stereocenters. The Balaban J connectivity index is 2.42. The van der Waals surface area contributed by atoms with Gasteiger partial charge in [0.15, 0.2) is 0 Å². The lowest BCUT2D eigenvalue weighted by Crippen LogP contribution is -2.01. The van der Waals surface area contributed by atoms with Gasteiger partial charge in [-0.1, -0.05) is 23.7 Å². The summed E-state index contributed by atoms with van der Waals surface area (Å²) in [6, 6.07) is 6.52. The number of hydrogen-bond acceptors (Lipinski definition) is 3. The maximum absolute atomic E-state index is 13.5. The zero-order chi connectivity index (χ0) is 11.5. The van der Waals surface area contributed by atoms with Gasteiger partial charge in [-0.25, -0.2) is 9.37 Å². The summed E-state index contributed by atoms with van der Waals surface area (Å²) in [7, 11) is 0. The van der Waals surface area contributed by atoms with Crippen LogP contribution < -0.4 is 5.73 Å². The third-order valence-electron chi connectivity index (χ3n) is 2.13. The zero-order valence-electron chi connectivity index (χ0n) is 8.41. The number of halogens is 2. The van der Waals surface area contributed by atoms with E-state index < -0.39 is 0 Å². The number of hydrogen-bond donors (Lipinski definition) is 1. The monoisotopic (exact) mass is 256 g/mol. The smallest absolute Gasteiger partial charge is 0.143 e. The van der Waals surface area contributed by atoms with E-state index in [9.17, 15) is 4.39 Å². The molecule has 0 saturated carbocycles. The van der Waals surface area contributed by atoms with E-state index in [1.54, 1.807) is 18.2 Å². The maximum atomic E-state index is 13.5. The Hall–Kier alpha value is -0.970. The molecule has 1 aromatic carbocycles. The molecule has 0 saturated heterocycles. The van der Waals surface area contributed by atoms with Crippen LogP contribution in [0.5, 0.6) is 0 Å². The second-order valence-electron chi connectivity index (χ2n) is 3.25. The van der Waals surface area contributed by atoms with Crippen molar-refractivity contribution in [3.05, 3.63) is 40.1 Å². The molecule has 0 atom stereocenters. The molecule has 0 radical (unpaired) electrons. The second-order valence-corrected chi connectivity index (χ2v) is 4.69. The highest BCUT2D eigenvalue weighted by Gasteiger charge is 2.12. The van der Waals surface area contributed by atoms with Gasteiger partial charge in [0.05, 0.1) is 0 Å². The number of thiazole rings is 1. The highest BCUT2D eigenvalue weighted by molar-refractivity contribution is 7.15. The Bertz CT molecular complexity index is 498. The molecule has 2 aromatic rings. The van der Waals surface area contributed by atoms with Crippen LogP contribution in [0.4, 0.5) is 4.39 Å². The summed E-state index contributed by atoms with van der Waals surface area (Å²) in [5.41, 5.74) is 5.94. The number of rotatable bonds is 3. The lowest BCUT2D eigenvalue weighted by atomic mass is 10.2. The first-order chi connectivity index (χ1) is 7.72. The summed E-state index contributed by atoms with van der Waals surface area (Å²) in [6.45, 7) is 0.513. The van der Waals surface area contributed by atoms with Gasteiger partial charge in [-0.3, -0.25) is 0 Å². The average molecular weight is 257 g/mol. The van der Waals surface area contributed by atoms with E-state index in [-0.39, 0.29) is 5.82 Å². The predicted octanol–water partition coefficient (Wildman–Crippen LogP) is 3.10. The molecule has 0 amide bonds. The lowest BCUT2D eigenvalue weighted by Gasteiger charge is -1.96. The topological polar surface area (TPSA) is 38.9 Å². The minimum absolute atomic E-state index is 0.285. The fourth-order valence-corrected chi connectivity index (χ4v) is 2.71. The van der Waals surface area contributed by atoms with Crippen molar-refractivity contribution in [2.24, 2.45) is 5.73 Å². The first-order valence-corrected chi connectivity index (χ1v) is 6.02. The van der Waals surface area contributed by atoms with Crippen molar-refractivity contribution in [1.29, 1.82) is 0 Å². The normalized spacial score (nSPS) is 10.7. The molecule has 0 aliphatic heterocycles. The van der Waals surface area contributed by atoms with Crippen molar-refractivity contribution in [2.45, 2.75) is 6.42 Å². The summed E-state index contributed by atoms with van der Waals surface area (Å²) < 4.78 is 13.5. The molecular weight excluding hydrogens is 247 g/mol. The molecule has 16 heavy (non-hydrogen) atoms. The Morgan fingerprint density at radius 2 is 2.12 bits per heavy atom. The van der Waals surface area contributed by atoms with E-state index in [4.69, 9.17) is 17.3 Å². The van der Waals surface area contributed by atoms with Crippen LogP contribution in [0.2, 0.25) is 5.15 Å². The molecule has 1 heterocycles. The van der Waals surface area contributed by atoms with Crippen LogP contribution in [0.15, 0.2) is 24.3 Å². The standard InChI is InChI=1S/C11H10ClFN2S/c12-10-9(5-6-14)16-11(15-10)7-3-1-2-4-8(7)13/h1-4H,5-6,14H2.